The van der Waals surface area contributed by atoms with Crippen LogP contribution in [0.5, 0.6) is 0 Å². The number of aromatic nitrogens is 3. The minimum atomic E-state index is -0.449. The van der Waals surface area contributed by atoms with Crippen LogP contribution in [0.3, 0.4) is 0 Å². The maximum Gasteiger partial charge on any atom is 0.141 e. The van der Waals surface area contributed by atoms with Crippen molar-refractivity contribution in [2.24, 2.45) is 0 Å². The second-order valence-corrected chi connectivity index (χ2v) is 4.75. The lowest BCUT2D eigenvalue weighted by atomic mass is 10.1. The molecule has 6 heteroatoms. The molecule has 104 valence electrons. The number of pyridine rings is 1. The lowest BCUT2D eigenvalue weighted by molar-refractivity contribution is 0.628. The molecule has 2 heterocycles. The summed E-state index contributed by atoms with van der Waals surface area (Å²) >= 11 is 5.76. The van der Waals surface area contributed by atoms with Crippen LogP contribution in [-0.4, -0.2) is 15.0 Å². The highest BCUT2D eigenvalue weighted by molar-refractivity contribution is 6.31. The van der Waals surface area contributed by atoms with Crippen molar-refractivity contribution in [1.82, 2.24) is 15.0 Å². The largest absolute Gasteiger partial charge is 0.354 e. The molecule has 0 bridgehead atoms. The highest BCUT2D eigenvalue weighted by Crippen LogP contribution is 2.25. The van der Waals surface area contributed by atoms with E-state index in [9.17, 15) is 4.39 Å². The van der Waals surface area contributed by atoms with E-state index in [2.05, 4.69) is 20.3 Å². The molecule has 3 rings (SSSR count). The zero-order chi connectivity index (χ0) is 14.7. The first-order chi connectivity index (χ1) is 10.2. The van der Waals surface area contributed by atoms with Gasteiger partial charge in [0.2, 0.25) is 0 Å². The van der Waals surface area contributed by atoms with Crippen LogP contribution in [0.2, 0.25) is 5.02 Å². The van der Waals surface area contributed by atoms with Crippen LogP contribution < -0.4 is 5.32 Å². The third kappa shape index (κ3) is 3.14. The smallest absolute Gasteiger partial charge is 0.141 e. The van der Waals surface area contributed by atoms with E-state index in [1.165, 1.54) is 18.5 Å². The molecule has 0 spiro atoms. The van der Waals surface area contributed by atoms with E-state index in [4.69, 9.17) is 11.6 Å². The Bertz CT molecular complexity index is 765. The van der Waals surface area contributed by atoms with Gasteiger partial charge < -0.3 is 5.32 Å². The van der Waals surface area contributed by atoms with Gasteiger partial charge in [0.1, 0.15) is 12.1 Å². The summed E-state index contributed by atoms with van der Waals surface area (Å²) in [7, 11) is 0. The number of hydrogen-bond donors (Lipinski definition) is 1. The highest BCUT2D eigenvalue weighted by Gasteiger charge is 2.03. The Morgan fingerprint density at radius 3 is 2.38 bits per heavy atom. The molecule has 1 aromatic carbocycles. The van der Waals surface area contributed by atoms with Crippen molar-refractivity contribution < 1.29 is 4.39 Å². The Balaban J connectivity index is 1.88. The van der Waals surface area contributed by atoms with Gasteiger partial charge in [-0.15, -0.1) is 0 Å². The van der Waals surface area contributed by atoms with Gasteiger partial charge in [-0.3, -0.25) is 4.98 Å². The number of halogens is 2. The van der Waals surface area contributed by atoms with Crippen molar-refractivity contribution in [3.63, 3.8) is 0 Å². The first-order valence-corrected chi connectivity index (χ1v) is 6.53. The number of nitrogens with zero attached hydrogens (tertiary/aromatic N) is 3. The summed E-state index contributed by atoms with van der Waals surface area (Å²) in [6.07, 6.45) is 8.29. The van der Waals surface area contributed by atoms with E-state index in [1.807, 2.05) is 6.07 Å². The van der Waals surface area contributed by atoms with Crippen LogP contribution in [0.15, 0.2) is 55.4 Å². The normalized spacial score (nSPS) is 10.4. The van der Waals surface area contributed by atoms with E-state index in [0.717, 1.165) is 16.8 Å². The molecule has 0 aliphatic rings. The van der Waals surface area contributed by atoms with Crippen LogP contribution in [0, 0.1) is 5.82 Å². The van der Waals surface area contributed by atoms with E-state index < -0.39 is 5.82 Å². The zero-order valence-electron chi connectivity index (χ0n) is 10.8. The monoisotopic (exact) mass is 300 g/mol. The van der Waals surface area contributed by atoms with E-state index in [1.54, 1.807) is 30.9 Å². The lowest BCUT2D eigenvalue weighted by Crippen LogP contribution is -1.93. The van der Waals surface area contributed by atoms with E-state index in [0.29, 0.717) is 5.69 Å². The van der Waals surface area contributed by atoms with Crippen LogP contribution in [0.1, 0.15) is 0 Å². The molecule has 0 radical (unpaired) electrons. The van der Waals surface area contributed by atoms with Crippen LogP contribution in [0.4, 0.5) is 15.8 Å². The van der Waals surface area contributed by atoms with E-state index >= 15 is 0 Å². The molecule has 0 aliphatic heterocycles. The van der Waals surface area contributed by atoms with Gasteiger partial charge in [0.25, 0.3) is 0 Å². The molecule has 0 fully saturated rings. The quantitative estimate of drug-likeness (QED) is 0.792. The molecule has 0 saturated carbocycles. The summed E-state index contributed by atoms with van der Waals surface area (Å²) in [5.41, 5.74) is 3.20. The first kappa shape index (κ1) is 13.5. The number of rotatable bonds is 3. The Hall–Kier alpha value is -2.53. The third-order valence-corrected chi connectivity index (χ3v) is 3.13. The van der Waals surface area contributed by atoms with Crippen molar-refractivity contribution in [3.8, 4) is 11.1 Å². The third-order valence-electron chi connectivity index (χ3n) is 2.84. The maximum atomic E-state index is 13.1. The van der Waals surface area contributed by atoms with Crippen molar-refractivity contribution in [2.45, 2.75) is 0 Å². The fraction of sp³-hybridized carbons (Fsp3) is 0. The first-order valence-electron chi connectivity index (χ1n) is 6.15. The molecule has 0 aliphatic carbocycles. The predicted octanol–water partition coefficient (Wildman–Crippen LogP) is 4.07. The summed E-state index contributed by atoms with van der Waals surface area (Å²) < 4.78 is 13.1. The van der Waals surface area contributed by atoms with Gasteiger partial charge in [-0.2, -0.15) is 0 Å². The summed E-state index contributed by atoms with van der Waals surface area (Å²) in [5.74, 6) is -0.449. The van der Waals surface area contributed by atoms with Crippen LogP contribution >= 0.6 is 11.6 Å². The number of anilines is 2. The highest BCUT2D eigenvalue weighted by atomic mass is 35.5. The molecular weight excluding hydrogens is 291 g/mol. The summed E-state index contributed by atoms with van der Waals surface area (Å²) in [5, 5.41) is 3.20. The SMILES string of the molecule is Fc1ccc(Nc2cncc(-c3cncnc3)c2)cc1Cl. The van der Waals surface area contributed by atoms with Crippen molar-refractivity contribution >= 4 is 23.0 Å². The van der Waals surface area contributed by atoms with Crippen molar-refractivity contribution in [2.75, 3.05) is 5.32 Å². The standard InChI is InChI=1S/C15H10ClFN4/c16-14-4-12(1-2-15(14)17)21-13-3-10(5-18-8-13)11-6-19-9-20-7-11/h1-9,21H. The van der Waals surface area contributed by atoms with Gasteiger partial charge >= 0.3 is 0 Å². The van der Waals surface area contributed by atoms with E-state index in [-0.39, 0.29) is 5.02 Å². The Labute approximate surface area is 125 Å². The molecule has 21 heavy (non-hydrogen) atoms. The van der Waals surface area contributed by atoms with Gasteiger partial charge in [-0.25, -0.2) is 14.4 Å². The average Bonchev–Trinajstić information content (AvgIpc) is 2.52. The molecular formula is C15H10ClFN4. The molecule has 1 N–H and O–H groups in total. The Morgan fingerprint density at radius 2 is 1.62 bits per heavy atom. The number of nitrogens with one attached hydrogen (secondary N) is 1. The van der Waals surface area contributed by atoms with Crippen LogP contribution in [-0.2, 0) is 0 Å². The van der Waals surface area contributed by atoms with Gasteiger partial charge in [-0.1, -0.05) is 11.6 Å². The molecule has 0 saturated heterocycles. The minimum absolute atomic E-state index is 0.0700. The van der Waals surface area contributed by atoms with Crippen LogP contribution in [0.25, 0.3) is 11.1 Å². The molecule has 0 atom stereocenters. The van der Waals surface area contributed by atoms with Gasteiger partial charge in [0.15, 0.2) is 0 Å². The average molecular weight is 301 g/mol. The molecule has 0 amide bonds. The topological polar surface area (TPSA) is 50.7 Å². The fourth-order valence-corrected chi connectivity index (χ4v) is 2.04. The molecule has 4 nitrogen and oxygen atoms in total. The van der Waals surface area contributed by atoms with Gasteiger partial charge in [0, 0.05) is 35.4 Å². The minimum Gasteiger partial charge on any atom is -0.354 e. The van der Waals surface area contributed by atoms with Crippen molar-refractivity contribution in [3.05, 3.63) is 66.2 Å². The zero-order valence-corrected chi connectivity index (χ0v) is 11.5. The Kier molecular flexibility index (Phi) is 3.75. The number of hydrogen-bond acceptors (Lipinski definition) is 4. The summed E-state index contributed by atoms with van der Waals surface area (Å²) in [6.45, 7) is 0. The van der Waals surface area contributed by atoms with Gasteiger partial charge in [0.05, 0.1) is 16.9 Å². The maximum absolute atomic E-state index is 13.1. The number of benzene rings is 1. The molecule has 3 aromatic rings. The second-order valence-electron chi connectivity index (χ2n) is 4.34. The Morgan fingerprint density at radius 1 is 0.857 bits per heavy atom. The lowest BCUT2D eigenvalue weighted by Gasteiger charge is -2.08. The van der Waals surface area contributed by atoms with Gasteiger partial charge in [-0.05, 0) is 24.3 Å². The predicted molar refractivity (Wildman–Crippen MR) is 80.0 cm³/mol. The van der Waals surface area contributed by atoms with Crippen molar-refractivity contribution in [1.29, 1.82) is 0 Å². The molecule has 0 unspecified atom stereocenters. The summed E-state index contributed by atoms with van der Waals surface area (Å²) in [6, 6.07) is 6.35. The fourth-order valence-electron chi connectivity index (χ4n) is 1.85. The molecule has 2 aromatic heterocycles. The second kappa shape index (κ2) is 5.85. The summed E-state index contributed by atoms with van der Waals surface area (Å²) in [4.78, 5) is 12.1.